The van der Waals surface area contributed by atoms with Crippen molar-refractivity contribution in [2.75, 3.05) is 7.11 Å². The van der Waals surface area contributed by atoms with Crippen LogP contribution in [0.1, 0.15) is 22.8 Å². The van der Waals surface area contributed by atoms with Gasteiger partial charge < -0.3 is 15.8 Å². The third-order valence-corrected chi connectivity index (χ3v) is 2.84. The van der Waals surface area contributed by atoms with Crippen molar-refractivity contribution in [2.24, 2.45) is 5.73 Å². The van der Waals surface area contributed by atoms with E-state index in [-0.39, 0.29) is 5.97 Å². The normalized spacial score (nSPS) is 11.9. The number of hydrogen-bond donors (Lipinski definition) is 2. The number of primary amides is 1. The molecule has 18 heavy (non-hydrogen) atoms. The Morgan fingerprint density at radius 1 is 1.50 bits per heavy atom. The van der Waals surface area contributed by atoms with Gasteiger partial charge in [-0.2, -0.15) is 0 Å². The molecular formula is C12H15ClN2O3. The Kier molecular flexibility index (Phi) is 5.12. The molecule has 0 radical (unpaired) electrons. The average Bonchev–Trinajstić information content (AvgIpc) is 2.35. The lowest BCUT2D eigenvalue weighted by molar-refractivity contribution is -0.142. The van der Waals surface area contributed by atoms with Crippen LogP contribution in [0.2, 0.25) is 5.02 Å². The van der Waals surface area contributed by atoms with E-state index < -0.39 is 11.9 Å². The SMILES string of the molecule is COC(=O)C(C)NCc1ccc(C(N)=O)cc1Cl. The van der Waals surface area contributed by atoms with Crippen LogP contribution in [-0.2, 0) is 16.1 Å². The van der Waals surface area contributed by atoms with Crippen LogP contribution < -0.4 is 11.1 Å². The lowest BCUT2D eigenvalue weighted by Crippen LogP contribution is -2.34. The van der Waals surface area contributed by atoms with Gasteiger partial charge in [0.25, 0.3) is 0 Å². The molecule has 1 amide bonds. The number of esters is 1. The van der Waals surface area contributed by atoms with E-state index >= 15 is 0 Å². The Morgan fingerprint density at radius 2 is 2.17 bits per heavy atom. The molecule has 0 aliphatic heterocycles. The molecule has 0 saturated carbocycles. The monoisotopic (exact) mass is 270 g/mol. The van der Waals surface area contributed by atoms with Crippen LogP contribution >= 0.6 is 11.6 Å². The van der Waals surface area contributed by atoms with Gasteiger partial charge in [-0.25, -0.2) is 0 Å². The molecule has 98 valence electrons. The summed E-state index contributed by atoms with van der Waals surface area (Å²) in [6.45, 7) is 2.09. The lowest BCUT2D eigenvalue weighted by atomic mass is 10.1. The number of rotatable bonds is 5. The first-order valence-electron chi connectivity index (χ1n) is 5.35. The summed E-state index contributed by atoms with van der Waals surface area (Å²) in [4.78, 5) is 22.1. The van der Waals surface area contributed by atoms with Crippen LogP contribution in [0.4, 0.5) is 0 Å². The van der Waals surface area contributed by atoms with Crippen LogP contribution in [0, 0.1) is 0 Å². The summed E-state index contributed by atoms with van der Waals surface area (Å²) in [5, 5.41) is 3.39. The number of halogens is 1. The van der Waals surface area contributed by atoms with Gasteiger partial charge in [-0.05, 0) is 24.6 Å². The number of methoxy groups -OCH3 is 1. The maximum absolute atomic E-state index is 11.2. The zero-order chi connectivity index (χ0) is 13.7. The summed E-state index contributed by atoms with van der Waals surface area (Å²) in [7, 11) is 1.33. The molecule has 0 heterocycles. The first kappa shape index (κ1) is 14.5. The van der Waals surface area contributed by atoms with Crippen molar-refractivity contribution in [3.05, 3.63) is 34.3 Å². The van der Waals surface area contributed by atoms with E-state index in [1.807, 2.05) is 0 Å². The molecule has 1 atom stereocenters. The molecule has 0 aliphatic carbocycles. The molecule has 1 rings (SSSR count). The number of nitrogens with one attached hydrogen (secondary N) is 1. The fourth-order valence-corrected chi connectivity index (χ4v) is 1.61. The van der Waals surface area contributed by atoms with Gasteiger partial charge in [0.1, 0.15) is 6.04 Å². The van der Waals surface area contributed by atoms with Gasteiger partial charge in [-0.1, -0.05) is 17.7 Å². The first-order chi connectivity index (χ1) is 8.45. The minimum Gasteiger partial charge on any atom is -0.468 e. The van der Waals surface area contributed by atoms with Crippen molar-refractivity contribution in [3.63, 3.8) is 0 Å². The standard InChI is InChI=1S/C12H15ClN2O3/c1-7(12(17)18-2)15-6-9-4-3-8(11(14)16)5-10(9)13/h3-5,7,15H,6H2,1-2H3,(H2,14,16). The molecule has 1 aromatic rings. The van der Waals surface area contributed by atoms with Gasteiger partial charge in [-0.15, -0.1) is 0 Å². The predicted molar refractivity (Wildman–Crippen MR) is 68.3 cm³/mol. The van der Waals surface area contributed by atoms with Crippen molar-refractivity contribution in [1.29, 1.82) is 0 Å². The fraction of sp³-hybridized carbons (Fsp3) is 0.333. The van der Waals surface area contributed by atoms with E-state index in [4.69, 9.17) is 17.3 Å². The zero-order valence-corrected chi connectivity index (χ0v) is 11.0. The third-order valence-electron chi connectivity index (χ3n) is 2.49. The molecule has 0 bridgehead atoms. The van der Waals surface area contributed by atoms with E-state index in [1.165, 1.54) is 13.2 Å². The summed E-state index contributed by atoms with van der Waals surface area (Å²) in [5.41, 5.74) is 6.27. The summed E-state index contributed by atoms with van der Waals surface area (Å²) in [5.74, 6) is -0.876. The number of hydrogen-bond acceptors (Lipinski definition) is 4. The molecule has 1 unspecified atom stereocenters. The molecule has 3 N–H and O–H groups in total. The zero-order valence-electron chi connectivity index (χ0n) is 10.2. The second kappa shape index (κ2) is 6.37. The topological polar surface area (TPSA) is 81.4 Å². The maximum Gasteiger partial charge on any atom is 0.322 e. The highest BCUT2D eigenvalue weighted by Gasteiger charge is 2.13. The number of carbonyl (C=O) groups excluding carboxylic acids is 2. The van der Waals surface area contributed by atoms with Crippen molar-refractivity contribution in [2.45, 2.75) is 19.5 Å². The maximum atomic E-state index is 11.2. The Bertz CT molecular complexity index is 463. The Balaban J connectivity index is 2.69. The molecule has 0 fully saturated rings. The lowest BCUT2D eigenvalue weighted by Gasteiger charge is -2.12. The molecule has 6 heteroatoms. The number of nitrogens with two attached hydrogens (primary N) is 1. The second-order valence-electron chi connectivity index (χ2n) is 3.80. The summed E-state index contributed by atoms with van der Waals surface area (Å²) in [6, 6.07) is 4.36. The van der Waals surface area contributed by atoms with E-state index in [2.05, 4.69) is 10.1 Å². The summed E-state index contributed by atoms with van der Waals surface area (Å²) in [6.07, 6.45) is 0. The third kappa shape index (κ3) is 3.72. The Morgan fingerprint density at radius 3 is 2.67 bits per heavy atom. The molecule has 0 saturated heterocycles. The van der Waals surface area contributed by atoms with Crippen LogP contribution in [0.5, 0.6) is 0 Å². The van der Waals surface area contributed by atoms with Gasteiger partial charge >= 0.3 is 5.97 Å². The van der Waals surface area contributed by atoms with Crippen molar-refractivity contribution in [3.8, 4) is 0 Å². The highest BCUT2D eigenvalue weighted by Crippen LogP contribution is 2.17. The largest absolute Gasteiger partial charge is 0.468 e. The van der Waals surface area contributed by atoms with Gasteiger partial charge in [0.15, 0.2) is 0 Å². The van der Waals surface area contributed by atoms with Gasteiger partial charge in [-0.3, -0.25) is 9.59 Å². The number of ether oxygens (including phenoxy) is 1. The predicted octanol–water partition coefficient (Wildman–Crippen LogP) is 1.09. The number of benzene rings is 1. The highest BCUT2D eigenvalue weighted by atomic mass is 35.5. The van der Waals surface area contributed by atoms with E-state index in [9.17, 15) is 9.59 Å². The van der Waals surface area contributed by atoms with Gasteiger partial charge in [0.2, 0.25) is 5.91 Å². The molecular weight excluding hydrogens is 256 g/mol. The minimum absolute atomic E-state index is 0.347. The number of carbonyl (C=O) groups is 2. The minimum atomic E-state index is -0.528. The van der Waals surface area contributed by atoms with E-state index in [1.54, 1.807) is 19.1 Å². The quantitative estimate of drug-likeness (QED) is 0.785. The van der Waals surface area contributed by atoms with Crippen LogP contribution in [-0.4, -0.2) is 25.0 Å². The molecule has 1 aromatic carbocycles. The van der Waals surface area contributed by atoms with Crippen molar-refractivity contribution in [1.82, 2.24) is 5.32 Å². The molecule has 5 nitrogen and oxygen atoms in total. The molecule has 0 spiro atoms. The van der Waals surface area contributed by atoms with Gasteiger partial charge in [0.05, 0.1) is 7.11 Å². The van der Waals surface area contributed by atoms with Crippen LogP contribution in [0.25, 0.3) is 0 Å². The van der Waals surface area contributed by atoms with Gasteiger partial charge in [0, 0.05) is 17.1 Å². The van der Waals surface area contributed by atoms with E-state index in [0.29, 0.717) is 17.1 Å². The average molecular weight is 271 g/mol. The summed E-state index contributed by atoms with van der Waals surface area (Å²) < 4.78 is 4.59. The van der Waals surface area contributed by atoms with Crippen LogP contribution in [0.15, 0.2) is 18.2 Å². The van der Waals surface area contributed by atoms with Crippen LogP contribution in [0.3, 0.4) is 0 Å². The number of amides is 1. The highest BCUT2D eigenvalue weighted by molar-refractivity contribution is 6.31. The smallest absolute Gasteiger partial charge is 0.322 e. The fourth-order valence-electron chi connectivity index (χ4n) is 1.37. The van der Waals surface area contributed by atoms with Crippen molar-refractivity contribution < 1.29 is 14.3 Å². The van der Waals surface area contributed by atoms with E-state index in [0.717, 1.165) is 5.56 Å². The Hall–Kier alpha value is -1.59. The Labute approximate surface area is 110 Å². The van der Waals surface area contributed by atoms with Crippen molar-refractivity contribution >= 4 is 23.5 Å². The summed E-state index contributed by atoms with van der Waals surface area (Å²) >= 11 is 6.01. The molecule has 0 aliphatic rings. The second-order valence-corrected chi connectivity index (χ2v) is 4.20. The first-order valence-corrected chi connectivity index (χ1v) is 5.73. The molecule has 0 aromatic heterocycles.